The molecular formula is C15H19ClN2O2. The molecule has 4 nitrogen and oxygen atoms in total. The van der Waals surface area contributed by atoms with Crippen LogP contribution in [0.25, 0.3) is 0 Å². The second-order valence-electron chi connectivity index (χ2n) is 4.96. The summed E-state index contributed by atoms with van der Waals surface area (Å²) in [6, 6.07) is 7.71. The lowest BCUT2D eigenvalue weighted by Gasteiger charge is -2.09. The number of aromatic nitrogens is 2. The van der Waals surface area contributed by atoms with E-state index in [2.05, 4.69) is 5.10 Å². The van der Waals surface area contributed by atoms with Gasteiger partial charge in [-0.25, -0.2) is 0 Å². The molecule has 1 heterocycles. The summed E-state index contributed by atoms with van der Waals surface area (Å²) in [4.78, 5) is 0. The maximum absolute atomic E-state index is 9.33. The molecule has 20 heavy (non-hydrogen) atoms. The zero-order valence-electron chi connectivity index (χ0n) is 11.9. The van der Waals surface area contributed by atoms with Crippen LogP contribution in [-0.4, -0.2) is 21.0 Å². The van der Waals surface area contributed by atoms with Crippen LogP contribution >= 0.6 is 11.6 Å². The number of halogens is 1. The van der Waals surface area contributed by atoms with Crippen LogP contribution in [0.5, 0.6) is 5.75 Å². The highest BCUT2D eigenvalue weighted by Gasteiger charge is 2.11. The minimum absolute atomic E-state index is 0.335. The Bertz CT molecular complexity index is 576. The van der Waals surface area contributed by atoms with Crippen molar-refractivity contribution in [1.29, 1.82) is 0 Å². The number of aryl methyl sites for hydroxylation is 2. The van der Waals surface area contributed by atoms with Crippen LogP contribution in [0.2, 0.25) is 5.02 Å². The zero-order valence-corrected chi connectivity index (χ0v) is 12.7. The first-order valence-electron chi connectivity index (χ1n) is 6.55. The fraction of sp³-hybridized carbons (Fsp3) is 0.400. The molecule has 0 spiro atoms. The smallest absolute Gasteiger partial charge is 0.131 e. The first-order chi connectivity index (χ1) is 9.47. The molecule has 108 valence electrons. The second-order valence-corrected chi connectivity index (χ2v) is 5.33. The van der Waals surface area contributed by atoms with Crippen LogP contribution in [-0.2, 0) is 20.1 Å². The summed E-state index contributed by atoms with van der Waals surface area (Å²) in [6.07, 6.45) is 0.311. The standard InChI is InChI=1S/C15H19ClN2O2/c1-10(19)8-12-4-6-13(7-5-12)20-9-14-15(16)11(2)17-18(14)3/h4-7,10,19H,8-9H2,1-3H3. The summed E-state index contributed by atoms with van der Waals surface area (Å²) >= 11 is 6.17. The Balaban J connectivity index is 2.00. The van der Waals surface area contributed by atoms with Gasteiger partial charge in [-0.1, -0.05) is 23.7 Å². The highest BCUT2D eigenvalue weighted by molar-refractivity contribution is 6.31. The number of hydrogen-bond acceptors (Lipinski definition) is 3. The van der Waals surface area contributed by atoms with Crippen molar-refractivity contribution in [2.75, 3.05) is 0 Å². The van der Waals surface area contributed by atoms with E-state index in [0.717, 1.165) is 22.7 Å². The Labute approximate surface area is 123 Å². The minimum Gasteiger partial charge on any atom is -0.487 e. The van der Waals surface area contributed by atoms with E-state index < -0.39 is 0 Å². The second kappa shape index (κ2) is 6.29. The Morgan fingerprint density at radius 1 is 1.35 bits per heavy atom. The predicted molar refractivity (Wildman–Crippen MR) is 79.1 cm³/mol. The largest absolute Gasteiger partial charge is 0.487 e. The van der Waals surface area contributed by atoms with Gasteiger partial charge in [0.05, 0.1) is 22.5 Å². The molecular weight excluding hydrogens is 276 g/mol. The van der Waals surface area contributed by atoms with E-state index in [-0.39, 0.29) is 6.10 Å². The molecule has 0 radical (unpaired) electrons. The monoisotopic (exact) mass is 294 g/mol. The average Bonchev–Trinajstić information content (AvgIpc) is 2.62. The SMILES string of the molecule is Cc1nn(C)c(COc2ccc(CC(C)O)cc2)c1Cl. The van der Waals surface area contributed by atoms with Crippen molar-refractivity contribution >= 4 is 11.6 Å². The number of rotatable bonds is 5. The molecule has 1 atom stereocenters. The number of hydrogen-bond donors (Lipinski definition) is 1. The Hall–Kier alpha value is -1.52. The Morgan fingerprint density at radius 3 is 2.50 bits per heavy atom. The summed E-state index contributed by atoms with van der Waals surface area (Å²) in [5, 5.41) is 14.2. The number of aliphatic hydroxyl groups excluding tert-OH is 1. The predicted octanol–water partition coefficient (Wildman–Crippen LogP) is 2.88. The van der Waals surface area contributed by atoms with E-state index in [1.165, 1.54) is 0 Å². The van der Waals surface area contributed by atoms with E-state index in [1.807, 2.05) is 38.2 Å². The van der Waals surface area contributed by atoms with E-state index in [4.69, 9.17) is 16.3 Å². The molecule has 5 heteroatoms. The van der Waals surface area contributed by atoms with Crippen molar-refractivity contribution in [2.45, 2.75) is 33.0 Å². The normalized spacial score (nSPS) is 12.4. The van der Waals surface area contributed by atoms with Gasteiger partial charge in [0, 0.05) is 7.05 Å². The van der Waals surface area contributed by atoms with Gasteiger partial charge in [0.1, 0.15) is 12.4 Å². The first-order valence-corrected chi connectivity index (χ1v) is 6.93. The lowest BCUT2D eigenvalue weighted by Crippen LogP contribution is -2.05. The molecule has 1 unspecified atom stereocenters. The van der Waals surface area contributed by atoms with Crippen LogP contribution in [0.1, 0.15) is 23.9 Å². The molecule has 1 N–H and O–H groups in total. The van der Waals surface area contributed by atoms with E-state index in [9.17, 15) is 5.11 Å². The fourth-order valence-electron chi connectivity index (χ4n) is 2.05. The van der Waals surface area contributed by atoms with Crippen molar-refractivity contribution in [2.24, 2.45) is 7.05 Å². The molecule has 0 aliphatic rings. The lowest BCUT2D eigenvalue weighted by molar-refractivity contribution is 0.195. The number of benzene rings is 1. The topological polar surface area (TPSA) is 47.3 Å². The van der Waals surface area contributed by atoms with Crippen LogP contribution in [0.15, 0.2) is 24.3 Å². The van der Waals surface area contributed by atoms with Crippen molar-refractivity contribution in [1.82, 2.24) is 9.78 Å². The maximum atomic E-state index is 9.33. The molecule has 0 saturated carbocycles. The van der Waals surface area contributed by atoms with Crippen LogP contribution in [0.3, 0.4) is 0 Å². The molecule has 2 aromatic rings. The van der Waals surface area contributed by atoms with Gasteiger partial charge in [0.2, 0.25) is 0 Å². The summed E-state index contributed by atoms with van der Waals surface area (Å²) in [5.41, 5.74) is 2.75. The number of aliphatic hydroxyl groups is 1. The molecule has 2 rings (SSSR count). The first kappa shape index (κ1) is 14.9. The number of nitrogens with zero attached hydrogens (tertiary/aromatic N) is 2. The lowest BCUT2D eigenvalue weighted by atomic mass is 10.1. The van der Waals surface area contributed by atoms with Gasteiger partial charge in [-0.3, -0.25) is 4.68 Å². The quantitative estimate of drug-likeness (QED) is 0.922. The molecule has 1 aromatic heterocycles. The van der Waals surface area contributed by atoms with Gasteiger partial charge in [-0.2, -0.15) is 5.10 Å². The molecule has 0 fully saturated rings. The van der Waals surface area contributed by atoms with Crippen LogP contribution in [0.4, 0.5) is 0 Å². The van der Waals surface area contributed by atoms with Crippen molar-refractivity contribution in [3.05, 3.63) is 46.2 Å². The van der Waals surface area contributed by atoms with E-state index >= 15 is 0 Å². The molecule has 1 aromatic carbocycles. The fourth-order valence-corrected chi connectivity index (χ4v) is 2.27. The van der Waals surface area contributed by atoms with E-state index in [1.54, 1.807) is 11.6 Å². The van der Waals surface area contributed by atoms with Gasteiger partial charge in [0.15, 0.2) is 0 Å². The van der Waals surface area contributed by atoms with Gasteiger partial charge in [-0.05, 0) is 38.0 Å². The maximum Gasteiger partial charge on any atom is 0.131 e. The minimum atomic E-state index is -0.335. The molecule has 0 saturated heterocycles. The third-order valence-electron chi connectivity index (χ3n) is 3.09. The summed E-state index contributed by atoms with van der Waals surface area (Å²) in [7, 11) is 1.85. The van der Waals surface area contributed by atoms with Crippen LogP contribution < -0.4 is 4.74 Å². The Morgan fingerprint density at radius 2 is 2.00 bits per heavy atom. The molecule has 0 aliphatic carbocycles. The third-order valence-corrected chi connectivity index (χ3v) is 3.58. The van der Waals surface area contributed by atoms with Crippen molar-refractivity contribution < 1.29 is 9.84 Å². The van der Waals surface area contributed by atoms with Gasteiger partial charge in [-0.15, -0.1) is 0 Å². The average molecular weight is 295 g/mol. The number of ether oxygens (including phenoxy) is 1. The molecule has 0 aliphatic heterocycles. The highest BCUT2D eigenvalue weighted by Crippen LogP contribution is 2.21. The van der Waals surface area contributed by atoms with E-state index in [0.29, 0.717) is 18.1 Å². The zero-order chi connectivity index (χ0) is 14.7. The summed E-state index contributed by atoms with van der Waals surface area (Å²) in [6.45, 7) is 4.03. The Kier molecular flexibility index (Phi) is 4.68. The van der Waals surface area contributed by atoms with Crippen molar-refractivity contribution in [3.63, 3.8) is 0 Å². The van der Waals surface area contributed by atoms with Gasteiger partial charge < -0.3 is 9.84 Å². The highest BCUT2D eigenvalue weighted by atomic mass is 35.5. The molecule has 0 amide bonds. The summed E-state index contributed by atoms with van der Waals surface area (Å²) in [5.74, 6) is 0.772. The van der Waals surface area contributed by atoms with Gasteiger partial charge >= 0.3 is 0 Å². The summed E-state index contributed by atoms with van der Waals surface area (Å²) < 4.78 is 7.45. The van der Waals surface area contributed by atoms with Crippen molar-refractivity contribution in [3.8, 4) is 5.75 Å². The third kappa shape index (κ3) is 3.52. The van der Waals surface area contributed by atoms with Gasteiger partial charge in [0.25, 0.3) is 0 Å². The van der Waals surface area contributed by atoms with Crippen LogP contribution in [0, 0.1) is 6.92 Å². The molecule has 0 bridgehead atoms.